The monoisotopic (exact) mass is 820 g/mol. The first kappa shape index (κ1) is 38.2. The minimum absolute atomic E-state index is 0.0159. The predicted molar refractivity (Wildman–Crippen MR) is 265 cm³/mol. The Morgan fingerprint density at radius 2 is 1.26 bits per heavy atom. The average molecular weight is 821 g/mol. The lowest BCUT2D eigenvalue weighted by Gasteiger charge is -2.29. The molecule has 0 bridgehead atoms. The van der Waals surface area contributed by atoms with Crippen molar-refractivity contribution in [1.82, 2.24) is 9.55 Å². The van der Waals surface area contributed by atoms with Crippen molar-refractivity contribution >= 4 is 63.0 Å². The van der Waals surface area contributed by atoms with Crippen LogP contribution in [0, 0.1) is 0 Å². The highest BCUT2D eigenvalue weighted by atomic mass is 28.3. The smallest absolute Gasteiger partial charge is 0.137 e. The lowest BCUT2D eigenvalue weighted by molar-refractivity contribution is 0.588. The number of benzene rings is 7. The van der Waals surface area contributed by atoms with Crippen LogP contribution in [0.5, 0.6) is 0 Å². The lowest BCUT2D eigenvalue weighted by Crippen LogP contribution is -2.53. The SMILES string of the molecule is CC(C)(C)c1ccnc(-n2c3ccccc3c3ccc([Si](C)(C)c4cccc(N5CN(c6c(-c7ccccc7)ccc7c6-c6ccccc6C7(C)C)c6ccccc65)c4)cc32)c1. The zero-order valence-corrected chi connectivity index (χ0v) is 37.7. The van der Waals surface area contributed by atoms with Gasteiger partial charge in [0.05, 0.1) is 28.1 Å². The number of pyridine rings is 1. The van der Waals surface area contributed by atoms with E-state index in [1.807, 2.05) is 6.20 Å². The third kappa shape index (κ3) is 5.82. The van der Waals surface area contributed by atoms with Crippen molar-refractivity contribution in [2.45, 2.75) is 58.5 Å². The van der Waals surface area contributed by atoms with Crippen LogP contribution in [0.1, 0.15) is 51.3 Å². The molecule has 4 nitrogen and oxygen atoms in total. The molecule has 0 spiro atoms. The van der Waals surface area contributed by atoms with E-state index in [4.69, 9.17) is 4.98 Å². The molecule has 1 aliphatic heterocycles. The van der Waals surface area contributed by atoms with Gasteiger partial charge in [-0.1, -0.05) is 179 Å². The molecule has 0 unspecified atom stereocenters. The summed E-state index contributed by atoms with van der Waals surface area (Å²) in [5.41, 5.74) is 16.4. The second-order valence-electron chi connectivity index (χ2n) is 19.3. The van der Waals surface area contributed by atoms with E-state index in [1.54, 1.807) is 0 Å². The summed E-state index contributed by atoms with van der Waals surface area (Å²) in [4.78, 5) is 10.1. The summed E-state index contributed by atoms with van der Waals surface area (Å²) < 4.78 is 2.38. The Morgan fingerprint density at radius 3 is 2.06 bits per heavy atom. The Hall–Kier alpha value is -6.69. The predicted octanol–water partition coefficient (Wildman–Crippen LogP) is 13.5. The van der Waals surface area contributed by atoms with Gasteiger partial charge in [-0.15, -0.1) is 0 Å². The van der Waals surface area contributed by atoms with E-state index in [0.717, 1.165) is 5.82 Å². The van der Waals surface area contributed by atoms with Crippen LogP contribution in [-0.2, 0) is 10.8 Å². The lowest BCUT2D eigenvalue weighted by atomic mass is 9.82. The Bertz CT molecular complexity index is 3220. The first-order valence-electron chi connectivity index (χ1n) is 22.0. The molecular formula is C57H52N4Si. The second-order valence-corrected chi connectivity index (χ2v) is 23.7. The number of aromatic nitrogens is 2. The van der Waals surface area contributed by atoms with Crippen molar-refractivity contribution in [1.29, 1.82) is 0 Å². The number of anilines is 4. The maximum absolute atomic E-state index is 4.97. The van der Waals surface area contributed by atoms with Crippen molar-refractivity contribution in [2.75, 3.05) is 16.5 Å². The van der Waals surface area contributed by atoms with Crippen LogP contribution in [-0.4, -0.2) is 24.3 Å². The van der Waals surface area contributed by atoms with Crippen LogP contribution < -0.4 is 20.2 Å². The van der Waals surface area contributed by atoms with Gasteiger partial charge in [-0.25, -0.2) is 4.98 Å². The van der Waals surface area contributed by atoms with Gasteiger partial charge in [0.25, 0.3) is 0 Å². The van der Waals surface area contributed by atoms with E-state index in [2.05, 4.69) is 232 Å². The van der Waals surface area contributed by atoms with E-state index in [9.17, 15) is 0 Å². The summed E-state index contributed by atoms with van der Waals surface area (Å²) in [6.45, 7) is 17.3. The fraction of sp³-hybridized carbons (Fsp3) is 0.175. The van der Waals surface area contributed by atoms with Gasteiger partial charge in [0, 0.05) is 39.2 Å². The van der Waals surface area contributed by atoms with Gasteiger partial charge in [0.2, 0.25) is 0 Å². The molecule has 11 rings (SSSR count). The van der Waals surface area contributed by atoms with Gasteiger partial charge < -0.3 is 9.80 Å². The summed E-state index contributed by atoms with van der Waals surface area (Å²) >= 11 is 0. The van der Waals surface area contributed by atoms with Gasteiger partial charge in [-0.05, 0) is 81.8 Å². The van der Waals surface area contributed by atoms with E-state index in [0.29, 0.717) is 6.67 Å². The molecule has 5 heteroatoms. The Balaban J connectivity index is 1.03. The van der Waals surface area contributed by atoms with Gasteiger partial charge in [0.1, 0.15) is 20.6 Å². The van der Waals surface area contributed by atoms with Crippen molar-refractivity contribution in [3.63, 3.8) is 0 Å². The highest BCUT2D eigenvalue weighted by Crippen LogP contribution is 2.57. The number of hydrogen-bond donors (Lipinski definition) is 0. The van der Waals surface area contributed by atoms with E-state index in [1.165, 1.54) is 93.9 Å². The molecule has 0 radical (unpaired) electrons. The third-order valence-electron chi connectivity index (χ3n) is 13.9. The number of para-hydroxylation sites is 3. The average Bonchev–Trinajstić information content (AvgIpc) is 3.92. The molecule has 7 aromatic carbocycles. The van der Waals surface area contributed by atoms with E-state index < -0.39 is 8.07 Å². The fourth-order valence-electron chi connectivity index (χ4n) is 10.4. The van der Waals surface area contributed by atoms with Gasteiger partial charge >= 0.3 is 0 Å². The molecule has 0 amide bonds. The number of hydrogen-bond acceptors (Lipinski definition) is 3. The molecule has 1 aliphatic carbocycles. The van der Waals surface area contributed by atoms with Crippen LogP contribution in [0.4, 0.5) is 22.7 Å². The zero-order valence-electron chi connectivity index (χ0n) is 36.7. The normalized spacial score (nSPS) is 14.4. The van der Waals surface area contributed by atoms with Crippen molar-refractivity contribution < 1.29 is 0 Å². The summed E-state index contributed by atoms with van der Waals surface area (Å²) in [5, 5.41) is 5.31. The first-order valence-corrected chi connectivity index (χ1v) is 25.0. The molecule has 9 aromatic rings. The van der Waals surface area contributed by atoms with Crippen molar-refractivity contribution in [3.05, 3.63) is 193 Å². The van der Waals surface area contributed by atoms with Crippen LogP contribution in [0.2, 0.25) is 13.1 Å². The minimum atomic E-state index is -2.24. The van der Waals surface area contributed by atoms with Crippen LogP contribution in [0.15, 0.2) is 176 Å². The van der Waals surface area contributed by atoms with Gasteiger partial charge in [-0.3, -0.25) is 4.57 Å². The number of rotatable bonds is 6. The summed E-state index contributed by atoms with van der Waals surface area (Å²) in [6, 6.07) is 63.5. The van der Waals surface area contributed by atoms with Crippen molar-refractivity contribution in [2.24, 2.45) is 0 Å². The molecular weight excluding hydrogens is 769 g/mol. The quantitative estimate of drug-likeness (QED) is 0.156. The van der Waals surface area contributed by atoms with Gasteiger partial charge in [0.15, 0.2) is 0 Å². The third-order valence-corrected chi connectivity index (χ3v) is 17.4. The molecule has 0 atom stereocenters. The molecule has 0 N–H and O–H groups in total. The van der Waals surface area contributed by atoms with E-state index >= 15 is 0 Å². The molecule has 0 saturated carbocycles. The largest absolute Gasteiger partial charge is 0.321 e. The highest BCUT2D eigenvalue weighted by Gasteiger charge is 2.41. The molecule has 0 saturated heterocycles. The van der Waals surface area contributed by atoms with Crippen LogP contribution in [0.25, 0.3) is 49.9 Å². The van der Waals surface area contributed by atoms with Crippen LogP contribution in [0.3, 0.4) is 0 Å². The number of fused-ring (bicyclic) bond motifs is 7. The maximum atomic E-state index is 4.97. The standard InChI is InChI=1S/C57H52N4Si/c1-56(2,3)39-32-33-58-53(34-39)61-49-25-14-12-22-44(49)45-29-28-42(36-52(45)61)62(6,7)41-21-17-20-40(35-41)59-37-60(51-27-16-15-26-50(51)59)55-43(38-18-9-8-10-19-38)30-31-48-54(55)46-23-11-13-24-47(46)57(48,4)5/h8-36H,37H2,1-7H3. The molecule has 3 heterocycles. The first-order chi connectivity index (χ1) is 29.9. The highest BCUT2D eigenvalue weighted by molar-refractivity contribution is 7.00. The molecule has 0 fully saturated rings. The minimum Gasteiger partial charge on any atom is -0.321 e. The Labute approximate surface area is 366 Å². The number of nitrogens with zero attached hydrogens (tertiary/aromatic N) is 4. The van der Waals surface area contributed by atoms with Crippen molar-refractivity contribution in [3.8, 4) is 28.1 Å². The fourth-order valence-corrected chi connectivity index (χ4v) is 12.7. The van der Waals surface area contributed by atoms with E-state index in [-0.39, 0.29) is 10.8 Å². The maximum Gasteiger partial charge on any atom is 0.137 e. The Morgan fingerprint density at radius 1 is 0.565 bits per heavy atom. The van der Waals surface area contributed by atoms with Crippen LogP contribution >= 0.6 is 0 Å². The molecule has 2 aliphatic rings. The summed E-state index contributed by atoms with van der Waals surface area (Å²) in [7, 11) is -2.24. The zero-order chi connectivity index (χ0) is 42.5. The Kier molecular flexibility index (Phi) is 8.58. The second kappa shape index (κ2) is 13.9. The topological polar surface area (TPSA) is 24.3 Å². The molecule has 304 valence electrons. The van der Waals surface area contributed by atoms with Gasteiger partial charge in [-0.2, -0.15) is 0 Å². The summed E-state index contributed by atoms with van der Waals surface area (Å²) in [5.74, 6) is 0.964. The molecule has 2 aromatic heterocycles. The molecule has 62 heavy (non-hydrogen) atoms. The summed E-state index contributed by atoms with van der Waals surface area (Å²) in [6.07, 6.45) is 1.97.